The predicted octanol–water partition coefficient (Wildman–Crippen LogP) is 2.49. The molecule has 0 radical (unpaired) electrons. The van der Waals surface area contributed by atoms with Crippen molar-refractivity contribution in [2.75, 3.05) is 12.0 Å². The number of hydrogen-bond donors (Lipinski definition) is 0. The minimum atomic E-state index is -3.03. The first-order valence-corrected chi connectivity index (χ1v) is 7.34. The van der Waals surface area contributed by atoms with E-state index in [1.807, 2.05) is 0 Å². The van der Waals surface area contributed by atoms with E-state index in [9.17, 15) is 17.2 Å². The summed E-state index contributed by atoms with van der Waals surface area (Å²) in [6.07, 6.45) is 2.70. The van der Waals surface area contributed by atoms with E-state index in [-0.39, 0.29) is 18.1 Å². The van der Waals surface area contributed by atoms with Crippen LogP contribution in [-0.4, -0.2) is 26.3 Å². The van der Waals surface area contributed by atoms with Gasteiger partial charge in [-0.3, -0.25) is 0 Å². The molecule has 0 heterocycles. The Labute approximate surface area is 90.0 Å². The summed E-state index contributed by atoms with van der Waals surface area (Å²) in [5.74, 6) is -3.42. The molecule has 0 aromatic rings. The maximum Gasteiger partial charge on any atom is 0.250 e. The SMILES string of the molecule is CC1C(CCS(C)(=O)=O)CCCC1(F)F. The number of hydrogen-bond acceptors (Lipinski definition) is 2. The van der Waals surface area contributed by atoms with E-state index in [1.54, 1.807) is 0 Å². The zero-order chi connectivity index (χ0) is 11.7. The molecule has 0 spiro atoms. The Morgan fingerprint density at radius 2 is 2.00 bits per heavy atom. The van der Waals surface area contributed by atoms with Gasteiger partial charge in [0.1, 0.15) is 9.84 Å². The van der Waals surface area contributed by atoms with Crippen LogP contribution >= 0.6 is 0 Å². The highest BCUT2D eigenvalue weighted by atomic mass is 32.2. The minimum absolute atomic E-state index is 0.0259. The van der Waals surface area contributed by atoms with Gasteiger partial charge in [0.2, 0.25) is 0 Å². The summed E-state index contributed by atoms with van der Waals surface area (Å²) >= 11 is 0. The van der Waals surface area contributed by atoms with E-state index < -0.39 is 21.7 Å². The Balaban J connectivity index is 2.55. The van der Waals surface area contributed by atoms with Crippen LogP contribution in [0, 0.1) is 11.8 Å². The Morgan fingerprint density at radius 3 is 2.53 bits per heavy atom. The Hall–Kier alpha value is -0.190. The topological polar surface area (TPSA) is 34.1 Å². The molecule has 1 aliphatic carbocycles. The van der Waals surface area contributed by atoms with Crippen LogP contribution in [0.4, 0.5) is 8.78 Å². The normalized spacial score (nSPS) is 31.5. The zero-order valence-corrected chi connectivity index (χ0v) is 9.99. The lowest BCUT2D eigenvalue weighted by molar-refractivity contribution is -0.102. The number of halogens is 2. The van der Waals surface area contributed by atoms with E-state index in [4.69, 9.17) is 0 Å². The van der Waals surface area contributed by atoms with Crippen LogP contribution in [0.25, 0.3) is 0 Å². The molecule has 0 N–H and O–H groups in total. The van der Waals surface area contributed by atoms with Crippen LogP contribution < -0.4 is 0 Å². The van der Waals surface area contributed by atoms with Crippen molar-refractivity contribution in [3.63, 3.8) is 0 Å². The van der Waals surface area contributed by atoms with Gasteiger partial charge in [0.25, 0.3) is 5.92 Å². The highest BCUT2D eigenvalue weighted by molar-refractivity contribution is 7.90. The largest absolute Gasteiger partial charge is 0.250 e. The molecular formula is C10H18F2O2S. The first kappa shape index (κ1) is 12.9. The summed E-state index contributed by atoms with van der Waals surface area (Å²) in [4.78, 5) is 0. The average Bonchev–Trinajstić information content (AvgIpc) is 2.06. The van der Waals surface area contributed by atoms with Crippen molar-refractivity contribution >= 4 is 9.84 Å². The van der Waals surface area contributed by atoms with Crippen LogP contribution in [0.1, 0.15) is 32.6 Å². The summed E-state index contributed by atoms with van der Waals surface area (Å²) in [6.45, 7) is 1.53. The third-order valence-corrected chi connectivity index (χ3v) is 4.30. The maximum atomic E-state index is 13.3. The standard InChI is InChI=1S/C10H18F2O2S/c1-8-9(5-7-15(2,13)14)4-3-6-10(8,11)12/h8-9H,3-7H2,1-2H3. The molecule has 2 unspecified atom stereocenters. The first-order valence-electron chi connectivity index (χ1n) is 5.28. The van der Waals surface area contributed by atoms with E-state index in [0.29, 0.717) is 12.8 Å². The van der Waals surface area contributed by atoms with Crippen molar-refractivity contribution in [2.45, 2.75) is 38.5 Å². The maximum absolute atomic E-state index is 13.3. The molecule has 0 aliphatic heterocycles. The predicted molar refractivity (Wildman–Crippen MR) is 55.8 cm³/mol. The zero-order valence-electron chi connectivity index (χ0n) is 9.17. The number of sulfone groups is 1. The van der Waals surface area contributed by atoms with Gasteiger partial charge in [-0.25, -0.2) is 17.2 Å². The van der Waals surface area contributed by atoms with Gasteiger partial charge in [-0.15, -0.1) is 0 Å². The van der Waals surface area contributed by atoms with Crippen LogP contribution in [0.5, 0.6) is 0 Å². The lowest BCUT2D eigenvalue weighted by atomic mass is 9.76. The third kappa shape index (κ3) is 3.70. The lowest BCUT2D eigenvalue weighted by Gasteiger charge is -2.35. The van der Waals surface area contributed by atoms with Crippen molar-refractivity contribution in [2.24, 2.45) is 11.8 Å². The summed E-state index contributed by atoms with van der Waals surface area (Å²) in [5.41, 5.74) is 0. The van der Waals surface area contributed by atoms with Crippen molar-refractivity contribution in [1.29, 1.82) is 0 Å². The highest BCUT2D eigenvalue weighted by Gasteiger charge is 2.43. The lowest BCUT2D eigenvalue weighted by Crippen LogP contribution is -2.36. The van der Waals surface area contributed by atoms with Crippen LogP contribution in [-0.2, 0) is 9.84 Å². The molecule has 90 valence electrons. The van der Waals surface area contributed by atoms with Crippen molar-refractivity contribution in [3.05, 3.63) is 0 Å². The van der Waals surface area contributed by atoms with E-state index in [2.05, 4.69) is 0 Å². The molecule has 0 amide bonds. The second kappa shape index (κ2) is 4.36. The molecule has 0 bridgehead atoms. The quantitative estimate of drug-likeness (QED) is 0.759. The summed E-state index contributed by atoms with van der Waals surface area (Å²) in [7, 11) is -3.03. The fourth-order valence-electron chi connectivity index (χ4n) is 2.18. The molecular weight excluding hydrogens is 222 g/mol. The fourth-order valence-corrected chi connectivity index (χ4v) is 2.91. The van der Waals surface area contributed by atoms with Crippen LogP contribution in [0.2, 0.25) is 0 Å². The molecule has 1 aliphatic rings. The summed E-state index contributed by atoms with van der Waals surface area (Å²) < 4.78 is 48.5. The average molecular weight is 240 g/mol. The number of alkyl halides is 2. The van der Waals surface area contributed by atoms with Crippen LogP contribution in [0.3, 0.4) is 0 Å². The molecule has 0 aromatic carbocycles. The van der Waals surface area contributed by atoms with Gasteiger partial charge in [0, 0.05) is 18.6 Å². The second-order valence-electron chi connectivity index (χ2n) is 4.62. The molecule has 1 rings (SSSR count). The number of rotatable bonds is 3. The smallest absolute Gasteiger partial charge is 0.229 e. The Bertz CT molecular complexity index is 311. The molecule has 0 aromatic heterocycles. The van der Waals surface area contributed by atoms with Gasteiger partial charge in [-0.05, 0) is 25.2 Å². The van der Waals surface area contributed by atoms with E-state index in [0.717, 1.165) is 12.7 Å². The fraction of sp³-hybridized carbons (Fsp3) is 1.00. The van der Waals surface area contributed by atoms with Crippen molar-refractivity contribution in [1.82, 2.24) is 0 Å². The van der Waals surface area contributed by atoms with Gasteiger partial charge in [0.05, 0.1) is 5.75 Å². The molecule has 5 heteroatoms. The van der Waals surface area contributed by atoms with Crippen molar-refractivity contribution in [3.8, 4) is 0 Å². The van der Waals surface area contributed by atoms with E-state index in [1.165, 1.54) is 6.92 Å². The second-order valence-corrected chi connectivity index (χ2v) is 6.88. The monoisotopic (exact) mass is 240 g/mol. The van der Waals surface area contributed by atoms with Crippen molar-refractivity contribution < 1.29 is 17.2 Å². The Kier molecular flexibility index (Phi) is 3.74. The minimum Gasteiger partial charge on any atom is -0.229 e. The van der Waals surface area contributed by atoms with Crippen LogP contribution in [0.15, 0.2) is 0 Å². The molecule has 1 saturated carbocycles. The third-order valence-electron chi connectivity index (χ3n) is 3.32. The molecule has 0 saturated heterocycles. The highest BCUT2D eigenvalue weighted by Crippen LogP contribution is 2.43. The van der Waals surface area contributed by atoms with Gasteiger partial charge in [-0.1, -0.05) is 6.92 Å². The molecule has 1 fully saturated rings. The summed E-state index contributed by atoms with van der Waals surface area (Å²) in [6, 6.07) is 0. The van der Waals surface area contributed by atoms with Gasteiger partial charge in [0.15, 0.2) is 0 Å². The van der Waals surface area contributed by atoms with Gasteiger partial charge < -0.3 is 0 Å². The Morgan fingerprint density at radius 1 is 1.40 bits per heavy atom. The first-order chi connectivity index (χ1) is 6.72. The molecule has 2 atom stereocenters. The summed E-state index contributed by atoms with van der Waals surface area (Å²) in [5, 5.41) is 0. The van der Waals surface area contributed by atoms with E-state index >= 15 is 0 Å². The van der Waals surface area contributed by atoms with Gasteiger partial charge >= 0.3 is 0 Å². The van der Waals surface area contributed by atoms with Gasteiger partial charge in [-0.2, -0.15) is 0 Å². The molecule has 2 nitrogen and oxygen atoms in total. The molecule has 15 heavy (non-hydrogen) atoms.